The van der Waals surface area contributed by atoms with Gasteiger partial charge in [-0.1, -0.05) is 103 Å². The van der Waals surface area contributed by atoms with Gasteiger partial charge < -0.3 is 35.3 Å². The lowest BCUT2D eigenvalue weighted by molar-refractivity contribution is -0.151. The molecule has 4 atom stereocenters. The lowest BCUT2D eigenvalue weighted by Gasteiger charge is -2.22. The maximum Gasteiger partial charge on any atom is 0.407 e. The average molecular weight is 760 g/mol. The summed E-state index contributed by atoms with van der Waals surface area (Å²) in [7, 11) is 0. The van der Waals surface area contributed by atoms with E-state index in [-0.39, 0.29) is 56.8 Å². The van der Waals surface area contributed by atoms with Crippen molar-refractivity contribution in [1.82, 2.24) is 16.0 Å². The van der Waals surface area contributed by atoms with E-state index in [2.05, 4.69) is 28.1 Å². The molecule has 11 nitrogen and oxygen atoms in total. The van der Waals surface area contributed by atoms with E-state index in [9.17, 15) is 24.3 Å². The van der Waals surface area contributed by atoms with Crippen LogP contribution < -0.4 is 20.7 Å². The number of nitrogens with one attached hydrogen (secondary N) is 3. The van der Waals surface area contributed by atoms with Crippen LogP contribution in [0.4, 0.5) is 4.79 Å². The first-order chi connectivity index (χ1) is 27.3. The number of carbonyl (C=O) groups excluding carboxylic acids is 4. The number of cyclic esters (lactones) is 1. The Labute approximate surface area is 327 Å². The van der Waals surface area contributed by atoms with E-state index in [1.807, 2.05) is 97.1 Å². The van der Waals surface area contributed by atoms with Gasteiger partial charge >= 0.3 is 12.1 Å². The smallest absolute Gasteiger partial charge is 0.407 e. The molecule has 0 aromatic heterocycles. The van der Waals surface area contributed by atoms with E-state index in [1.54, 1.807) is 13.0 Å². The first-order valence-electron chi connectivity index (χ1n) is 19.2. The average Bonchev–Trinajstić information content (AvgIpc) is 3.54. The molecule has 0 unspecified atom stereocenters. The molecular weight excluding hydrogens is 711 g/mol. The Morgan fingerprint density at radius 1 is 0.875 bits per heavy atom. The predicted octanol–water partition coefficient (Wildman–Crippen LogP) is 5.99. The van der Waals surface area contributed by atoms with Gasteiger partial charge in [0.2, 0.25) is 11.8 Å². The molecule has 3 amide bonds. The van der Waals surface area contributed by atoms with Gasteiger partial charge in [0, 0.05) is 12.3 Å². The number of aliphatic hydroxyl groups excluding tert-OH is 1. The molecule has 6 rings (SSSR count). The van der Waals surface area contributed by atoms with Crippen molar-refractivity contribution in [2.24, 2.45) is 5.92 Å². The summed E-state index contributed by atoms with van der Waals surface area (Å²) in [6.07, 6.45) is 3.43. The third-order valence-electron chi connectivity index (χ3n) is 10.1. The number of hydrogen-bond donors (Lipinski definition) is 4. The molecule has 0 bridgehead atoms. The van der Waals surface area contributed by atoms with Crippen LogP contribution in [-0.4, -0.2) is 66.9 Å². The first kappa shape index (κ1) is 39.7. The molecule has 0 saturated heterocycles. The summed E-state index contributed by atoms with van der Waals surface area (Å²) in [5.74, 6) is -1.45. The summed E-state index contributed by atoms with van der Waals surface area (Å²) in [6.45, 7) is 1.95. The fourth-order valence-corrected chi connectivity index (χ4v) is 7.09. The van der Waals surface area contributed by atoms with E-state index in [0.29, 0.717) is 25.2 Å². The number of ether oxygens (including phenoxy) is 3. The van der Waals surface area contributed by atoms with Crippen molar-refractivity contribution < 1.29 is 38.5 Å². The van der Waals surface area contributed by atoms with Crippen LogP contribution in [-0.2, 0) is 36.9 Å². The highest BCUT2D eigenvalue weighted by Gasteiger charge is 2.31. The standard InChI is InChI=1S/C45H49N3O8/c1-30-26-46-43(51)33(25-42(50)47-34(27-49)24-31-20-22-35(23-21-31)54-28-32-12-4-2-5-13-32)14-6-3-7-19-41(44(52)56-30)48-45(53)55-29-40-38-17-10-8-15-36(38)37-16-9-11-18-39(37)40/h2-6,8-13,15-18,20-23,30,33-34,40-41,49H,7,14,19,24-29H2,1H3,(H,46,51)(H,47,50)(H,48,53)/t30-,33+,34-,41-/m0/s1. The third kappa shape index (κ3) is 10.8. The molecule has 292 valence electrons. The highest BCUT2D eigenvalue weighted by molar-refractivity contribution is 5.86. The molecule has 4 N–H and O–H groups in total. The van der Waals surface area contributed by atoms with Gasteiger partial charge in [-0.2, -0.15) is 0 Å². The Kier molecular flexibility index (Phi) is 13.9. The number of benzene rings is 4. The van der Waals surface area contributed by atoms with Gasteiger partial charge in [-0.3, -0.25) is 9.59 Å². The van der Waals surface area contributed by atoms with Crippen molar-refractivity contribution in [3.63, 3.8) is 0 Å². The summed E-state index contributed by atoms with van der Waals surface area (Å²) in [4.78, 5) is 52.6. The summed E-state index contributed by atoms with van der Waals surface area (Å²) in [5, 5.41) is 18.4. The van der Waals surface area contributed by atoms with Crippen molar-refractivity contribution >= 4 is 23.9 Å². The Hall–Kier alpha value is -5.94. The maximum absolute atomic E-state index is 13.2. The maximum atomic E-state index is 13.2. The van der Waals surface area contributed by atoms with Crippen LogP contribution in [0.1, 0.15) is 60.8 Å². The zero-order valence-electron chi connectivity index (χ0n) is 31.5. The van der Waals surface area contributed by atoms with Crippen LogP contribution in [0.15, 0.2) is 115 Å². The Bertz CT molecular complexity index is 1940. The van der Waals surface area contributed by atoms with Crippen LogP contribution in [0, 0.1) is 5.92 Å². The summed E-state index contributed by atoms with van der Waals surface area (Å²) in [5.41, 5.74) is 6.37. The van der Waals surface area contributed by atoms with Crippen LogP contribution in [0.3, 0.4) is 0 Å². The van der Waals surface area contributed by atoms with Crippen molar-refractivity contribution in [1.29, 1.82) is 0 Å². The molecule has 1 heterocycles. The summed E-state index contributed by atoms with van der Waals surface area (Å²) < 4.78 is 17.2. The van der Waals surface area contributed by atoms with Gasteiger partial charge in [-0.05, 0) is 78.1 Å². The second-order valence-electron chi connectivity index (χ2n) is 14.3. The van der Waals surface area contributed by atoms with Crippen LogP contribution in [0.5, 0.6) is 5.75 Å². The minimum absolute atomic E-state index is 0.0222. The number of allylic oxidation sites excluding steroid dienone is 2. The van der Waals surface area contributed by atoms with Crippen molar-refractivity contribution in [2.75, 3.05) is 19.8 Å². The third-order valence-corrected chi connectivity index (χ3v) is 10.1. The first-order valence-corrected chi connectivity index (χ1v) is 19.2. The number of hydrogen-bond acceptors (Lipinski definition) is 8. The van der Waals surface area contributed by atoms with Gasteiger partial charge in [-0.25, -0.2) is 9.59 Å². The minimum atomic E-state index is -0.968. The lowest BCUT2D eigenvalue weighted by atomic mass is 9.98. The normalized spacial score (nSPS) is 19.1. The second-order valence-corrected chi connectivity index (χ2v) is 14.3. The second kappa shape index (κ2) is 19.6. The molecule has 1 aliphatic carbocycles. The molecule has 4 aromatic carbocycles. The number of esters is 1. The molecule has 1 aliphatic heterocycles. The number of rotatable bonds is 12. The highest BCUT2D eigenvalue weighted by Crippen LogP contribution is 2.44. The molecule has 0 fully saturated rings. The van der Waals surface area contributed by atoms with E-state index < -0.39 is 36.2 Å². The van der Waals surface area contributed by atoms with Crippen LogP contribution >= 0.6 is 0 Å². The number of carbonyl (C=O) groups is 4. The van der Waals surface area contributed by atoms with Crippen LogP contribution in [0.25, 0.3) is 11.1 Å². The zero-order chi connectivity index (χ0) is 39.3. The van der Waals surface area contributed by atoms with Crippen molar-refractivity contribution in [3.8, 4) is 16.9 Å². The van der Waals surface area contributed by atoms with Gasteiger partial charge in [0.15, 0.2) is 0 Å². The largest absolute Gasteiger partial charge is 0.489 e. The van der Waals surface area contributed by atoms with E-state index >= 15 is 0 Å². The fourth-order valence-electron chi connectivity index (χ4n) is 7.09. The predicted molar refractivity (Wildman–Crippen MR) is 212 cm³/mol. The zero-order valence-corrected chi connectivity index (χ0v) is 31.5. The van der Waals surface area contributed by atoms with E-state index in [4.69, 9.17) is 14.2 Å². The molecule has 0 saturated carbocycles. The number of fused-ring (bicyclic) bond motifs is 3. The van der Waals surface area contributed by atoms with Crippen LogP contribution in [0.2, 0.25) is 0 Å². The summed E-state index contributed by atoms with van der Waals surface area (Å²) >= 11 is 0. The lowest BCUT2D eigenvalue weighted by Crippen LogP contribution is -2.45. The molecule has 0 radical (unpaired) electrons. The Morgan fingerprint density at radius 3 is 2.25 bits per heavy atom. The number of alkyl carbamates (subject to hydrolysis) is 1. The Morgan fingerprint density at radius 2 is 1.55 bits per heavy atom. The molecule has 2 aliphatic rings. The SMILES string of the molecule is C[C@H]1CNC(=O)[C@@H](CC(=O)N[C@H](CO)Cc2ccc(OCc3ccccc3)cc2)CC=CCC[C@H](NC(=O)OCC2c3ccccc3-c3ccccc32)C(=O)O1. The number of amides is 3. The Balaban J connectivity index is 0.990. The molecule has 4 aromatic rings. The van der Waals surface area contributed by atoms with E-state index in [0.717, 1.165) is 33.4 Å². The minimum Gasteiger partial charge on any atom is -0.489 e. The van der Waals surface area contributed by atoms with Gasteiger partial charge in [0.1, 0.15) is 31.1 Å². The van der Waals surface area contributed by atoms with E-state index in [1.165, 1.54) is 0 Å². The van der Waals surface area contributed by atoms with Crippen molar-refractivity contribution in [2.45, 2.75) is 69.7 Å². The molecular formula is C45H49N3O8. The monoisotopic (exact) mass is 759 g/mol. The van der Waals surface area contributed by atoms with Crippen molar-refractivity contribution in [3.05, 3.63) is 138 Å². The van der Waals surface area contributed by atoms with Gasteiger partial charge in [0.05, 0.1) is 25.1 Å². The number of aliphatic hydroxyl groups is 1. The molecule has 56 heavy (non-hydrogen) atoms. The molecule has 11 heteroatoms. The quantitative estimate of drug-likeness (QED) is 0.102. The topological polar surface area (TPSA) is 152 Å². The molecule has 0 spiro atoms. The fraction of sp³-hybridized carbons (Fsp3) is 0.333. The van der Waals surface area contributed by atoms with Gasteiger partial charge in [0.25, 0.3) is 0 Å². The highest BCUT2D eigenvalue weighted by atomic mass is 16.6. The summed E-state index contributed by atoms with van der Waals surface area (Å²) in [6, 6.07) is 32.0. The van der Waals surface area contributed by atoms with Gasteiger partial charge in [-0.15, -0.1) is 0 Å².